The maximum Gasteiger partial charge on any atom is 0.341 e. The van der Waals surface area contributed by atoms with Gasteiger partial charge in [0.05, 0.1) is 18.4 Å². The van der Waals surface area contributed by atoms with E-state index in [2.05, 4.69) is 11.3 Å². The van der Waals surface area contributed by atoms with Gasteiger partial charge in [0.2, 0.25) is 0 Å². The Morgan fingerprint density at radius 1 is 1.20 bits per heavy atom. The average Bonchev–Trinajstić information content (AvgIpc) is 2.54. The summed E-state index contributed by atoms with van der Waals surface area (Å²) >= 11 is 0. The molecule has 1 aliphatic rings. The van der Waals surface area contributed by atoms with Crippen molar-refractivity contribution in [2.45, 2.75) is 12.8 Å². The summed E-state index contributed by atoms with van der Waals surface area (Å²) in [7, 11) is 0. The fraction of sp³-hybridized carbons (Fsp3) is 0.182. The number of esters is 2. The van der Waals surface area contributed by atoms with Crippen molar-refractivity contribution < 1.29 is 44.0 Å². The SMILES string of the molecule is C=C1CC(=O)OC1=O.O=C(O)C=C(CC(=O)O)C(=O)O. The third kappa shape index (κ3) is 6.69. The lowest BCUT2D eigenvalue weighted by Gasteiger charge is -1.94. The largest absolute Gasteiger partial charge is 0.481 e. The first-order valence-electron chi connectivity index (χ1n) is 4.94. The molecule has 1 saturated heterocycles. The number of ether oxygens (including phenoxy) is 1. The number of hydrogen-bond donors (Lipinski definition) is 3. The van der Waals surface area contributed by atoms with E-state index in [0.29, 0.717) is 6.08 Å². The molecule has 108 valence electrons. The highest BCUT2D eigenvalue weighted by Gasteiger charge is 2.24. The minimum Gasteiger partial charge on any atom is -0.481 e. The van der Waals surface area contributed by atoms with Crippen LogP contribution in [0.15, 0.2) is 23.8 Å². The van der Waals surface area contributed by atoms with Gasteiger partial charge in [-0.3, -0.25) is 9.59 Å². The van der Waals surface area contributed by atoms with E-state index in [1.165, 1.54) is 0 Å². The monoisotopic (exact) mass is 286 g/mol. The maximum absolute atomic E-state index is 10.2. The average molecular weight is 286 g/mol. The zero-order valence-corrected chi connectivity index (χ0v) is 9.99. The van der Waals surface area contributed by atoms with Crippen molar-refractivity contribution >= 4 is 29.8 Å². The predicted octanol–water partition coefficient (Wildman–Crippen LogP) is -0.427. The van der Waals surface area contributed by atoms with Gasteiger partial charge in [0.25, 0.3) is 0 Å². The number of hydrogen-bond acceptors (Lipinski definition) is 6. The Bertz CT molecular complexity index is 494. The minimum atomic E-state index is -1.54. The Labute approximate surface area is 111 Å². The van der Waals surface area contributed by atoms with Crippen molar-refractivity contribution in [2.75, 3.05) is 0 Å². The summed E-state index contributed by atoms with van der Waals surface area (Å²) in [5, 5.41) is 24.5. The van der Waals surface area contributed by atoms with Crippen molar-refractivity contribution in [2.24, 2.45) is 0 Å². The number of rotatable bonds is 4. The molecule has 0 aromatic heterocycles. The lowest BCUT2D eigenvalue weighted by Crippen LogP contribution is -2.08. The predicted molar refractivity (Wildman–Crippen MR) is 60.5 cm³/mol. The summed E-state index contributed by atoms with van der Waals surface area (Å²) in [4.78, 5) is 50.5. The molecule has 1 aliphatic heterocycles. The van der Waals surface area contributed by atoms with Crippen LogP contribution in [-0.2, 0) is 28.7 Å². The van der Waals surface area contributed by atoms with Gasteiger partial charge in [-0.1, -0.05) is 6.58 Å². The number of aliphatic carboxylic acids is 3. The van der Waals surface area contributed by atoms with Crippen molar-refractivity contribution in [3.63, 3.8) is 0 Å². The standard InChI is InChI=1S/C6H6O6.C5H4O3/c7-4(8)1-3(6(11)12)2-5(9)10;1-3-2-4(6)8-5(3)7/h1H,2H2,(H,7,8)(H,9,10)(H,11,12);1-2H2. The molecular weight excluding hydrogens is 276 g/mol. The van der Waals surface area contributed by atoms with Crippen molar-refractivity contribution in [1.82, 2.24) is 0 Å². The normalized spacial score (nSPS) is 14.2. The van der Waals surface area contributed by atoms with Gasteiger partial charge in [0.1, 0.15) is 0 Å². The van der Waals surface area contributed by atoms with E-state index in [4.69, 9.17) is 15.3 Å². The van der Waals surface area contributed by atoms with Gasteiger partial charge in [0, 0.05) is 11.6 Å². The number of carbonyl (C=O) groups is 5. The Hall–Kier alpha value is -2.97. The van der Waals surface area contributed by atoms with Gasteiger partial charge in [-0.15, -0.1) is 0 Å². The number of carboxylic acid groups (broad SMARTS) is 3. The van der Waals surface area contributed by atoms with E-state index in [1.54, 1.807) is 0 Å². The highest BCUT2D eigenvalue weighted by Crippen LogP contribution is 2.10. The molecule has 0 aliphatic carbocycles. The minimum absolute atomic E-state index is 0.0544. The quantitative estimate of drug-likeness (QED) is 0.354. The number of cyclic esters (lactones) is 2. The summed E-state index contributed by atoms with van der Waals surface area (Å²) < 4.78 is 4.10. The third-order valence-corrected chi connectivity index (χ3v) is 1.77. The van der Waals surface area contributed by atoms with E-state index >= 15 is 0 Å². The zero-order chi connectivity index (χ0) is 15.9. The summed E-state index contributed by atoms with van der Waals surface area (Å²) in [6.45, 7) is 3.29. The van der Waals surface area contributed by atoms with Gasteiger partial charge in [-0.25, -0.2) is 14.4 Å². The van der Waals surface area contributed by atoms with E-state index < -0.39 is 41.8 Å². The second-order valence-corrected chi connectivity index (χ2v) is 3.43. The van der Waals surface area contributed by atoms with Gasteiger partial charge in [-0.2, -0.15) is 0 Å². The highest BCUT2D eigenvalue weighted by atomic mass is 16.6. The molecule has 1 heterocycles. The summed E-state index contributed by atoms with van der Waals surface area (Å²) in [6.07, 6.45) is -0.392. The van der Waals surface area contributed by atoms with Crippen LogP contribution in [-0.4, -0.2) is 45.2 Å². The molecule has 20 heavy (non-hydrogen) atoms. The molecular formula is C11H10O9. The smallest absolute Gasteiger partial charge is 0.341 e. The molecule has 0 aromatic carbocycles. The second-order valence-electron chi connectivity index (χ2n) is 3.43. The van der Waals surface area contributed by atoms with Crippen LogP contribution in [0.25, 0.3) is 0 Å². The van der Waals surface area contributed by atoms with E-state index in [0.717, 1.165) is 0 Å². The van der Waals surface area contributed by atoms with Crippen molar-refractivity contribution in [3.8, 4) is 0 Å². The molecule has 0 saturated carbocycles. The molecule has 1 rings (SSSR count). The van der Waals surface area contributed by atoms with Crippen LogP contribution in [0.1, 0.15) is 12.8 Å². The lowest BCUT2D eigenvalue weighted by atomic mass is 10.2. The van der Waals surface area contributed by atoms with Crippen molar-refractivity contribution in [1.29, 1.82) is 0 Å². The molecule has 0 amide bonds. The van der Waals surface area contributed by atoms with Gasteiger partial charge in [0.15, 0.2) is 0 Å². The molecule has 0 aromatic rings. The topological polar surface area (TPSA) is 155 Å². The third-order valence-electron chi connectivity index (χ3n) is 1.77. The van der Waals surface area contributed by atoms with Crippen molar-refractivity contribution in [3.05, 3.63) is 23.8 Å². The molecule has 9 heteroatoms. The van der Waals surface area contributed by atoms with Gasteiger partial charge in [-0.05, 0) is 0 Å². The summed E-state index contributed by atoms with van der Waals surface area (Å²) in [5.41, 5.74) is -0.412. The van der Waals surface area contributed by atoms with E-state index in [9.17, 15) is 24.0 Å². The molecule has 1 fully saturated rings. The molecule has 0 bridgehead atoms. The van der Waals surface area contributed by atoms with Crippen LogP contribution < -0.4 is 0 Å². The summed E-state index contributed by atoms with van der Waals surface area (Å²) in [5.74, 6) is -5.49. The van der Waals surface area contributed by atoms with Crippen LogP contribution in [0.2, 0.25) is 0 Å². The molecule has 3 N–H and O–H groups in total. The number of carboxylic acids is 3. The maximum atomic E-state index is 10.2. The number of carbonyl (C=O) groups excluding carboxylic acids is 2. The Kier molecular flexibility index (Phi) is 6.35. The molecule has 9 nitrogen and oxygen atoms in total. The Morgan fingerprint density at radius 2 is 1.75 bits per heavy atom. The van der Waals surface area contributed by atoms with Gasteiger partial charge < -0.3 is 20.1 Å². The van der Waals surface area contributed by atoms with E-state index in [1.807, 2.05) is 0 Å². The Balaban J connectivity index is 0.000000388. The van der Waals surface area contributed by atoms with Crippen LogP contribution in [0, 0.1) is 0 Å². The second kappa shape index (κ2) is 7.46. The van der Waals surface area contributed by atoms with Gasteiger partial charge >= 0.3 is 29.8 Å². The van der Waals surface area contributed by atoms with Crippen LogP contribution in [0.3, 0.4) is 0 Å². The Morgan fingerprint density at radius 3 is 1.95 bits per heavy atom. The zero-order valence-electron chi connectivity index (χ0n) is 9.99. The summed E-state index contributed by atoms with van der Waals surface area (Å²) in [6, 6.07) is 0. The first-order valence-corrected chi connectivity index (χ1v) is 4.94. The first-order chi connectivity index (χ1) is 9.13. The highest BCUT2D eigenvalue weighted by molar-refractivity contribution is 6.05. The van der Waals surface area contributed by atoms with Crippen LogP contribution in [0.5, 0.6) is 0 Å². The van der Waals surface area contributed by atoms with Crippen LogP contribution >= 0.6 is 0 Å². The fourth-order valence-electron chi connectivity index (χ4n) is 0.958. The molecule has 0 spiro atoms. The van der Waals surface area contributed by atoms with E-state index in [-0.39, 0.29) is 12.0 Å². The first kappa shape index (κ1) is 17.0. The molecule has 0 radical (unpaired) electrons. The lowest BCUT2D eigenvalue weighted by molar-refractivity contribution is -0.151. The molecule has 0 atom stereocenters. The molecule has 0 unspecified atom stereocenters. The van der Waals surface area contributed by atoms with Crippen LogP contribution in [0.4, 0.5) is 0 Å². The fourth-order valence-corrected chi connectivity index (χ4v) is 0.958.